The summed E-state index contributed by atoms with van der Waals surface area (Å²) in [5.41, 5.74) is 2.79. The zero-order chi connectivity index (χ0) is 18.1. The first kappa shape index (κ1) is 17.3. The van der Waals surface area contributed by atoms with Crippen LogP contribution in [0.25, 0.3) is 10.2 Å². The van der Waals surface area contributed by atoms with Crippen LogP contribution in [0.1, 0.15) is 28.8 Å². The molecule has 2 heterocycles. The first-order valence-electron chi connectivity index (χ1n) is 8.59. The molecule has 1 aliphatic rings. The fraction of sp³-hybridized carbons (Fsp3) is 0.316. The highest BCUT2D eigenvalue weighted by Crippen LogP contribution is 2.39. The van der Waals surface area contributed by atoms with Crippen LogP contribution >= 0.6 is 23.1 Å². The number of hydrogen-bond acceptors (Lipinski definition) is 6. The maximum atomic E-state index is 12.3. The van der Waals surface area contributed by atoms with Crippen molar-refractivity contribution in [1.82, 2.24) is 9.97 Å². The zero-order valence-corrected chi connectivity index (χ0v) is 16.0. The van der Waals surface area contributed by atoms with Crippen LogP contribution in [0.3, 0.4) is 0 Å². The van der Waals surface area contributed by atoms with Crippen molar-refractivity contribution in [3.05, 3.63) is 40.5 Å². The second kappa shape index (κ2) is 7.25. The smallest absolute Gasteiger partial charge is 0.234 e. The number of fused-ring (bicyclic) bond motifs is 3. The van der Waals surface area contributed by atoms with Gasteiger partial charge in [-0.25, -0.2) is 9.97 Å². The minimum absolute atomic E-state index is 0.0743. The Labute approximate surface area is 159 Å². The summed E-state index contributed by atoms with van der Waals surface area (Å²) in [5.74, 6) is 0.154. The highest BCUT2D eigenvalue weighted by atomic mass is 32.2. The number of benzene rings is 1. The van der Waals surface area contributed by atoms with E-state index in [1.54, 1.807) is 35.9 Å². The molecule has 3 aromatic rings. The summed E-state index contributed by atoms with van der Waals surface area (Å²) in [6.45, 7) is 1.92. The van der Waals surface area contributed by atoms with Crippen LogP contribution in [0.5, 0.6) is 5.75 Å². The number of aryl methyl sites for hydroxylation is 3. The predicted octanol–water partition coefficient (Wildman–Crippen LogP) is 4.31. The number of nitrogens with one attached hydrogen (secondary N) is 1. The van der Waals surface area contributed by atoms with E-state index in [2.05, 4.69) is 15.3 Å². The number of nitrogens with zero attached hydrogens (tertiary/aromatic N) is 2. The van der Waals surface area contributed by atoms with E-state index in [0.717, 1.165) is 33.6 Å². The molecule has 0 saturated heterocycles. The minimum atomic E-state index is -0.160. The number of thiophene rings is 1. The van der Waals surface area contributed by atoms with Gasteiger partial charge in [-0.2, -0.15) is 0 Å². The van der Waals surface area contributed by atoms with Crippen molar-refractivity contribution >= 4 is 44.9 Å². The molecule has 2 aromatic heterocycles. The second-order valence-corrected chi connectivity index (χ2v) is 8.47. The molecule has 1 aliphatic carbocycles. The van der Waals surface area contributed by atoms with E-state index in [1.165, 1.54) is 35.0 Å². The third kappa shape index (κ3) is 3.41. The molecular weight excluding hydrogens is 366 g/mol. The van der Waals surface area contributed by atoms with Gasteiger partial charge in [0.2, 0.25) is 5.91 Å². The lowest BCUT2D eigenvalue weighted by Gasteiger charge is -2.11. The average Bonchev–Trinajstić information content (AvgIpc) is 3.02. The molecule has 0 radical (unpaired) electrons. The molecule has 0 unspecified atom stereocenters. The van der Waals surface area contributed by atoms with E-state index < -0.39 is 0 Å². The molecule has 0 fully saturated rings. The van der Waals surface area contributed by atoms with Gasteiger partial charge in [0.15, 0.2) is 0 Å². The Bertz CT molecular complexity index is 984. The number of anilines is 1. The number of thioether (sulfide) groups is 1. The average molecular weight is 386 g/mol. The lowest BCUT2D eigenvalue weighted by atomic mass is 9.97. The topological polar surface area (TPSA) is 75.1 Å². The summed E-state index contributed by atoms with van der Waals surface area (Å²) in [6.07, 6.45) is 6.20. The summed E-state index contributed by atoms with van der Waals surface area (Å²) in [7, 11) is 0. The van der Waals surface area contributed by atoms with E-state index in [0.29, 0.717) is 5.69 Å². The number of carbonyl (C=O) groups excluding carboxylic acids is 1. The number of phenolic OH excluding ortho intramolecular Hbond substituents is 1. The van der Waals surface area contributed by atoms with Crippen molar-refractivity contribution < 1.29 is 9.90 Å². The molecule has 134 valence electrons. The molecule has 0 saturated carbocycles. The van der Waals surface area contributed by atoms with Gasteiger partial charge in [-0.3, -0.25) is 4.79 Å². The van der Waals surface area contributed by atoms with Crippen molar-refractivity contribution in [2.75, 3.05) is 11.1 Å². The van der Waals surface area contributed by atoms with Gasteiger partial charge in [0, 0.05) is 10.3 Å². The molecular formula is C19H19N3O2S2. The minimum Gasteiger partial charge on any atom is -0.506 e. The number of amides is 1. The quantitative estimate of drug-likeness (QED) is 0.397. The number of carbonyl (C=O) groups is 1. The Balaban J connectivity index is 1.52. The second-order valence-electron chi connectivity index (χ2n) is 6.43. The summed E-state index contributed by atoms with van der Waals surface area (Å²) in [4.78, 5) is 23.6. The van der Waals surface area contributed by atoms with Crippen molar-refractivity contribution in [1.29, 1.82) is 0 Å². The van der Waals surface area contributed by atoms with E-state index in [9.17, 15) is 9.90 Å². The van der Waals surface area contributed by atoms with Gasteiger partial charge in [0.05, 0.1) is 11.4 Å². The molecule has 0 atom stereocenters. The van der Waals surface area contributed by atoms with Gasteiger partial charge < -0.3 is 10.4 Å². The Kier molecular flexibility index (Phi) is 4.82. The Morgan fingerprint density at radius 1 is 1.31 bits per heavy atom. The number of aromatic nitrogens is 2. The molecule has 0 aliphatic heterocycles. The molecule has 5 nitrogen and oxygen atoms in total. The molecule has 4 rings (SSSR count). The first-order valence-corrected chi connectivity index (χ1v) is 10.4. The number of hydrogen-bond donors (Lipinski definition) is 2. The van der Waals surface area contributed by atoms with E-state index in [-0.39, 0.29) is 17.4 Å². The Morgan fingerprint density at radius 3 is 3.04 bits per heavy atom. The highest BCUT2D eigenvalue weighted by molar-refractivity contribution is 8.00. The van der Waals surface area contributed by atoms with Crippen molar-refractivity contribution in [3.8, 4) is 5.75 Å². The largest absolute Gasteiger partial charge is 0.506 e. The molecule has 0 spiro atoms. The van der Waals surface area contributed by atoms with Crippen LogP contribution in [0, 0.1) is 6.92 Å². The number of phenols is 1. The fourth-order valence-electron chi connectivity index (χ4n) is 3.24. The van der Waals surface area contributed by atoms with Gasteiger partial charge in [0.25, 0.3) is 0 Å². The van der Waals surface area contributed by atoms with E-state index in [4.69, 9.17) is 0 Å². The number of aromatic hydroxyl groups is 1. The van der Waals surface area contributed by atoms with Crippen molar-refractivity contribution in [2.24, 2.45) is 0 Å². The van der Waals surface area contributed by atoms with Gasteiger partial charge in [-0.05, 0) is 55.9 Å². The van der Waals surface area contributed by atoms with Crippen LogP contribution in [0.4, 0.5) is 5.69 Å². The third-order valence-corrected chi connectivity index (χ3v) is 6.67. The SMILES string of the molecule is Cc1ccc(O)c(NC(=O)CSc2ncnc3sc4c(c23)CCCC4)c1. The van der Waals surface area contributed by atoms with Gasteiger partial charge in [-0.15, -0.1) is 11.3 Å². The molecule has 1 amide bonds. The van der Waals surface area contributed by atoms with Gasteiger partial charge in [0.1, 0.15) is 21.9 Å². The first-order chi connectivity index (χ1) is 12.6. The Morgan fingerprint density at radius 2 is 2.15 bits per heavy atom. The van der Waals surface area contributed by atoms with E-state index >= 15 is 0 Å². The van der Waals surface area contributed by atoms with Crippen molar-refractivity contribution in [2.45, 2.75) is 37.6 Å². The lowest BCUT2D eigenvalue weighted by molar-refractivity contribution is -0.113. The fourth-order valence-corrected chi connectivity index (χ4v) is 5.36. The highest BCUT2D eigenvalue weighted by Gasteiger charge is 2.20. The molecule has 2 N–H and O–H groups in total. The normalized spacial score (nSPS) is 13.6. The standard InChI is InChI=1S/C19H19N3O2S2/c1-11-6-7-14(23)13(8-11)22-16(24)9-25-18-17-12-4-2-3-5-15(12)26-19(17)21-10-20-18/h6-8,10,23H,2-5,9H2,1H3,(H,22,24). The van der Waals surface area contributed by atoms with Crippen LogP contribution < -0.4 is 5.32 Å². The zero-order valence-electron chi connectivity index (χ0n) is 14.4. The summed E-state index contributed by atoms with van der Waals surface area (Å²) < 4.78 is 0. The lowest BCUT2D eigenvalue weighted by Crippen LogP contribution is -2.14. The molecule has 7 heteroatoms. The van der Waals surface area contributed by atoms with Crippen LogP contribution in [-0.4, -0.2) is 26.7 Å². The maximum absolute atomic E-state index is 12.3. The molecule has 0 bridgehead atoms. The summed E-state index contributed by atoms with van der Waals surface area (Å²) >= 11 is 3.18. The molecule has 1 aromatic carbocycles. The maximum Gasteiger partial charge on any atom is 0.234 e. The van der Waals surface area contributed by atoms with Crippen LogP contribution in [0.2, 0.25) is 0 Å². The number of rotatable bonds is 4. The predicted molar refractivity (Wildman–Crippen MR) is 106 cm³/mol. The van der Waals surface area contributed by atoms with Crippen LogP contribution in [-0.2, 0) is 17.6 Å². The van der Waals surface area contributed by atoms with E-state index in [1.807, 2.05) is 6.92 Å². The van der Waals surface area contributed by atoms with Crippen molar-refractivity contribution in [3.63, 3.8) is 0 Å². The third-order valence-electron chi connectivity index (χ3n) is 4.48. The summed E-state index contributed by atoms with van der Waals surface area (Å²) in [6, 6.07) is 5.15. The monoisotopic (exact) mass is 385 g/mol. The van der Waals surface area contributed by atoms with Crippen LogP contribution in [0.15, 0.2) is 29.6 Å². The van der Waals surface area contributed by atoms with Gasteiger partial charge in [-0.1, -0.05) is 17.8 Å². The summed E-state index contributed by atoms with van der Waals surface area (Å²) in [5, 5.41) is 14.7. The Hall–Kier alpha value is -2.12. The van der Waals surface area contributed by atoms with Gasteiger partial charge >= 0.3 is 0 Å². The molecule has 26 heavy (non-hydrogen) atoms.